The summed E-state index contributed by atoms with van der Waals surface area (Å²) < 4.78 is 5.77. The Balaban J connectivity index is 1.91. The molecule has 7 nitrogen and oxygen atoms in total. The number of benzene rings is 1. The Morgan fingerprint density at radius 3 is 2.64 bits per heavy atom. The van der Waals surface area contributed by atoms with E-state index in [-0.39, 0.29) is 24.9 Å². The van der Waals surface area contributed by atoms with Crippen LogP contribution in [0.4, 0.5) is 0 Å². The first-order valence-electron chi connectivity index (χ1n) is 9.71. The lowest BCUT2D eigenvalue weighted by Crippen LogP contribution is -2.48. The molecule has 2 rings (SSSR count). The zero-order chi connectivity index (χ0) is 20.8. The highest BCUT2D eigenvalue weighted by molar-refractivity contribution is 5.87. The van der Waals surface area contributed by atoms with E-state index in [1.807, 2.05) is 18.2 Å². The summed E-state index contributed by atoms with van der Waals surface area (Å²) in [5.41, 5.74) is 1.12. The van der Waals surface area contributed by atoms with Gasteiger partial charge >= 0.3 is 5.97 Å². The van der Waals surface area contributed by atoms with Gasteiger partial charge in [-0.3, -0.25) is 14.4 Å². The monoisotopic (exact) mass is 390 g/mol. The smallest absolute Gasteiger partial charge is 0.308 e. The summed E-state index contributed by atoms with van der Waals surface area (Å²) in [7, 11) is 1.56. The van der Waals surface area contributed by atoms with Crippen LogP contribution in [0.1, 0.15) is 45.1 Å². The van der Waals surface area contributed by atoms with Gasteiger partial charge in [-0.2, -0.15) is 0 Å². The Morgan fingerprint density at radius 1 is 1.29 bits per heavy atom. The summed E-state index contributed by atoms with van der Waals surface area (Å²) >= 11 is 0. The molecule has 1 aromatic carbocycles. The minimum atomic E-state index is -0.882. The van der Waals surface area contributed by atoms with Gasteiger partial charge in [0.05, 0.1) is 12.5 Å². The number of hydrogen-bond acceptors (Lipinski definition) is 4. The van der Waals surface area contributed by atoms with Crippen molar-refractivity contribution < 1.29 is 24.2 Å². The number of likely N-dealkylation sites (tertiary alicyclic amines) is 1. The minimum absolute atomic E-state index is 0.0924. The van der Waals surface area contributed by atoms with Crippen LogP contribution in [0, 0.1) is 5.92 Å². The lowest BCUT2D eigenvalue weighted by Gasteiger charge is -2.32. The number of ether oxygens (including phenoxy) is 1. The summed E-state index contributed by atoms with van der Waals surface area (Å²) in [6, 6.07) is 7.63. The van der Waals surface area contributed by atoms with Gasteiger partial charge in [-0.25, -0.2) is 0 Å². The predicted octanol–water partition coefficient (Wildman–Crippen LogP) is 2.36. The first-order valence-corrected chi connectivity index (χ1v) is 9.71. The van der Waals surface area contributed by atoms with Gasteiger partial charge in [0, 0.05) is 20.1 Å². The van der Waals surface area contributed by atoms with E-state index in [1.54, 1.807) is 20.0 Å². The molecule has 0 aliphatic carbocycles. The number of likely N-dealkylation sites (N-methyl/N-ethyl adjacent to an activating group) is 1. The molecule has 2 atom stereocenters. The van der Waals surface area contributed by atoms with Crippen molar-refractivity contribution in [3.8, 4) is 5.75 Å². The lowest BCUT2D eigenvalue weighted by molar-refractivity contribution is -0.148. The molecular formula is C21H30N2O5. The highest BCUT2D eigenvalue weighted by Gasteiger charge is 2.29. The second-order valence-electron chi connectivity index (χ2n) is 7.70. The average molecular weight is 390 g/mol. The summed E-state index contributed by atoms with van der Waals surface area (Å²) in [6.45, 7) is 6.46. The van der Waals surface area contributed by atoms with Crippen molar-refractivity contribution in [3.63, 3.8) is 0 Å². The van der Waals surface area contributed by atoms with Crippen molar-refractivity contribution in [1.82, 2.24) is 9.80 Å². The summed E-state index contributed by atoms with van der Waals surface area (Å²) in [5, 5.41) is 9.16. The Bertz CT molecular complexity index is 719. The fourth-order valence-corrected chi connectivity index (χ4v) is 3.30. The number of nitrogens with zero attached hydrogens (tertiary/aromatic N) is 2. The fraction of sp³-hybridized carbons (Fsp3) is 0.571. The molecule has 0 spiro atoms. The molecular weight excluding hydrogens is 360 g/mol. The van der Waals surface area contributed by atoms with Gasteiger partial charge in [-0.05, 0) is 43.4 Å². The van der Waals surface area contributed by atoms with Crippen LogP contribution in [0.3, 0.4) is 0 Å². The molecule has 2 unspecified atom stereocenters. The molecule has 1 aliphatic rings. The van der Waals surface area contributed by atoms with Gasteiger partial charge in [0.2, 0.25) is 5.91 Å². The standard InChI is InChI=1S/C21H30N2O5/c1-14(2)16-7-5-9-18(11-16)28-15(3)20(25)22(4)13-19(24)23-10-6-8-17(12-23)21(26)27/h5,7,9,11,14-15,17H,6,8,10,12-13H2,1-4H3,(H,26,27). The predicted molar refractivity (Wildman–Crippen MR) is 105 cm³/mol. The molecule has 1 N–H and O–H groups in total. The number of piperidine rings is 1. The SMILES string of the molecule is CC(Oc1cccc(C(C)C)c1)C(=O)N(C)CC(=O)N1CCCC(C(=O)O)C1. The largest absolute Gasteiger partial charge is 0.481 e. The van der Waals surface area contributed by atoms with E-state index in [2.05, 4.69) is 13.8 Å². The van der Waals surface area contributed by atoms with Gasteiger partial charge < -0.3 is 19.6 Å². The number of carbonyl (C=O) groups is 3. The number of carboxylic acids is 1. The normalized spacial score (nSPS) is 17.9. The van der Waals surface area contributed by atoms with E-state index in [0.717, 1.165) is 5.56 Å². The Labute approximate surface area is 166 Å². The number of carbonyl (C=O) groups excluding carboxylic acids is 2. The van der Waals surface area contributed by atoms with Crippen LogP contribution in [-0.2, 0) is 14.4 Å². The van der Waals surface area contributed by atoms with Crippen molar-refractivity contribution >= 4 is 17.8 Å². The van der Waals surface area contributed by atoms with Gasteiger partial charge in [0.25, 0.3) is 5.91 Å². The van der Waals surface area contributed by atoms with Crippen LogP contribution in [0.25, 0.3) is 0 Å². The van der Waals surface area contributed by atoms with E-state index < -0.39 is 18.0 Å². The summed E-state index contributed by atoms with van der Waals surface area (Å²) in [6.07, 6.45) is 0.508. The van der Waals surface area contributed by atoms with Crippen LogP contribution in [-0.4, -0.2) is 65.5 Å². The van der Waals surface area contributed by atoms with Crippen molar-refractivity contribution in [3.05, 3.63) is 29.8 Å². The van der Waals surface area contributed by atoms with Crippen molar-refractivity contribution in [2.45, 2.75) is 45.6 Å². The zero-order valence-electron chi connectivity index (χ0n) is 17.1. The maximum Gasteiger partial charge on any atom is 0.308 e. The fourth-order valence-electron chi connectivity index (χ4n) is 3.30. The van der Waals surface area contributed by atoms with Gasteiger partial charge in [-0.15, -0.1) is 0 Å². The van der Waals surface area contributed by atoms with E-state index in [4.69, 9.17) is 9.84 Å². The molecule has 1 heterocycles. The third-order valence-corrected chi connectivity index (χ3v) is 5.06. The van der Waals surface area contributed by atoms with Crippen molar-refractivity contribution in [2.24, 2.45) is 5.92 Å². The summed E-state index contributed by atoms with van der Waals surface area (Å²) in [5.74, 6) is -0.978. The second-order valence-corrected chi connectivity index (χ2v) is 7.70. The molecule has 1 saturated heterocycles. The third-order valence-electron chi connectivity index (χ3n) is 5.06. The number of amides is 2. The Kier molecular flexibility index (Phi) is 7.43. The molecule has 1 aliphatic heterocycles. The van der Waals surface area contributed by atoms with E-state index in [0.29, 0.717) is 31.1 Å². The topological polar surface area (TPSA) is 87.2 Å². The number of rotatable bonds is 7. The second kappa shape index (κ2) is 9.57. The lowest BCUT2D eigenvalue weighted by atomic mass is 9.98. The van der Waals surface area contributed by atoms with Crippen molar-refractivity contribution in [2.75, 3.05) is 26.7 Å². The molecule has 0 aromatic heterocycles. The average Bonchev–Trinajstić information content (AvgIpc) is 2.67. The molecule has 28 heavy (non-hydrogen) atoms. The quantitative estimate of drug-likeness (QED) is 0.772. The zero-order valence-corrected chi connectivity index (χ0v) is 17.1. The summed E-state index contributed by atoms with van der Waals surface area (Å²) in [4.78, 5) is 39.1. The number of aliphatic carboxylic acids is 1. The van der Waals surface area contributed by atoms with Gasteiger partial charge in [0.1, 0.15) is 5.75 Å². The highest BCUT2D eigenvalue weighted by Crippen LogP contribution is 2.21. The molecule has 7 heteroatoms. The van der Waals surface area contributed by atoms with Gasteiger partial charge in [0.15, 0.2) is 6.10 Å². The van der Waals surface area contributed by atoms with Crippen LogP contribution in [0.15, 0.2) is 24.3 Å². The molecule has 1 aromatic rings. The van der Waals surface area contributed by atoms with E-state index in [1.165, 1.54) is 9.80 Å². The van der Waals surface area contributed by atoms with Crippen LogP contribution in [0.2, 0.25) is 0 Å². The molecule has 2 amide bonds. The highest BCUT2D eigenvalue weighted by atomic mass is 16.5. The minimum Gasteiger partial charge on any atom is -0.481 e. The Hall–Kier alpha value is -2.57. The number of hydrogen-bond donors (Lipinski definition) is 1. The first-order chi connectivity index (χ1) is 13.2. The number of carboxylic acid groups (broad SMARTS) is 1. The van der Waals surface area contributed by atoms with E-state index in [9.17, 15) is 14.4 Å². The molecule has 0 bridgehead atoms. The molecule has 0 radical (unpaired) electrons. The van der Waals surface area contributed by atoms with E-state index >= 15 is 0 Å². The Morgan fingerprint density at radius 2 is 2.00 bits per heavy atom. The molecule has 1 fully saturated rings. The van der Waals surface area contributed by atoms with Crippen LogP contribution in [0.5, 0.6) is 5.75 Å². The maximum absolute atomic E-state index is 12.6. The van der Waals surface area contributed by atoms with Crippen LogP contribution >= 0.6 is 0 Å². The third kappa shape index (κ3) is 5.71. The maximum atomic E-state index is 12.6. The van der Waals surface area contributed by atoms with Gasteiger partial charge in [-0.1, -0.05) is 26.0 Å². The first kappa shape index (κ1) is 21.7. The van der Waals surface area contributed by atoms with Crippen LogP contribution < -0.4 is 4.74 Å². The molecule has 0 saturated carbocycles. The van der Waals surface area contributed by atoms with Crippen molar-refractivity contribution in [1.29, 1.82) is 0 Å². The molecule has 154 valence electrons.